The summed E-state index contributed by atoms with van der Waals surface area (Å²) in [5.41, 5.74) is -0.782. The molecule has 1 unspecified atom stereocenters. The van der Waals surface area contributed by atoms with Gasteiger partial charge in [-0.25, -0.2) is 8.78 Å². The van der Waals surface area contributed by atoms with Crippen LogP contribution in [0.1, 0.15) is 34.6 Å². The summed E-state index contributed by atoms with van der Waals surface area (Å²) in [4.78, 5) is 26.2. The number of nitrogens with one attached hydrogen (secondary N) is 1. The number of allylic oxidation sites excluding steroid dienone is 5. The van der Waals surface area contributed by atoms with Crippen LogP contribution in [0.2, 0.25) is 0 Å². The Morgan fingerprint density at radius 3 is 2.52 bits per heavy atom. The van der Waals surface area contributed by atoms with Crippen LogP contribution in [0.15, 0.2) is 47.8 Å². The smallest absolute Gasteiger partial charge is 0.256 e. The summed E-state index contributed by atoms with van der Waals surface area (Å²) in [5, 5.41) is 2.59. The predicted molar refractivity (Wildman–Crippen MR) is 91.4 cm³/mol. The van der Waals surface area contributed by atoms with Gasteiger partial charge in [-0.05, 0) is 46.8 Å². The van der Waals surface area contributed by atoms with Gasteiger partial charge in [0.05, 0.1) is 5.57 Å². The van der Waals surface area contributed by atoms with E-state index in [2.05, 4.69) is 11.9 Å². The summed E-state index contributed by atoms with van der Waals surface area (Å²) in [5.74, 6) is -1.92. The lowest BCUT2D eigenvalue weighted by atomic mass is 9.99. The largest absolute Gasteiger partial charge is 0.477 e. The van der Waals surface area contributed by atoms with E-state index in [0.29, 0.717) is 17.4 Å². The maximum Gasteiger partial charge on any atom is 0.256 e. The third-order valence-corrected chi connectivity index (χ3v) is 3.97. The second-order valence-corrected chi connectivity index (χ2v) is 6.29. The van der Waals surface area contributed by atoms with Crippen LogP contribution in [-0.4, -0.2) is 35.0 Å². The molecule has 7 heteroatoms. The van der Waals surface area contributed by atoms with Crippen LogP contribution < -0.4 is 5.32 Å². The second-order valence-electron chi connectivity index (χ2n) is 6.29. The van der Waals surface area contributed by atoms with Crippen molar-refractivity contribution in [1.82, 2.24) is 10.2 Å². The summed E-state index contributed by atoms with van der Waals surface area (Å²) in [6.45, 7) is 11.1. The first kappa shape index (κ1) is 20.6. The minimum atomic E-state index is -1.21. The molecule has 2 amide bonds. The van der Waals surface area contributed by atoms with E-state index in [9.17, 15) is 18.4 Å². The zero-order chi connectivity index (χ0) is 19.4. The van der Waals surface area contributed by atoms with Gasteiger partial charge in [0, 0.05) is 12.1 Å². The average molecular weight is 354 g/mol. The normalized spacial score (nSPS) is 18.0. The van der Waals surface area contributed by atoms with Gasteiger partial charge in [-0.15, -0.1) is 0 Å². The molecular formula is C18H24F2N2O3. The van der Waals surface area contributed by atoms with Gasteiger partial charge < -0.3 is 10.1 Å². The van der Waals surface area contributed by atoms with Gasteiger partial charge in [0.15, 0.2) is 6.73 Å². The summed E-state index contributed by atoms with van der Waals surface area (Å²) < 4.78 is 32.0. The number of rotatable bonds is 6. The van der Waals surface area contributed by atoms with Gasteiger partial charge in [-0.3, -0.25) is 14.5 Å². The predicted octanol–water partition coefficient (Wildman–Crippen LogP) is 3.27. The molecule has 1 atom stereocenters. The van der Waals surface area contributed by atoms with Crippen molar-refractivity contribution in [1.29, 1.82) is 0 Å². The number of hydrogen-bond donors (Lipinski definition) is 1. The molecular weight excluding hydrogens is 330 g/mol. The fourth-order valence-corrected chi connectivity index (χ4v) is 2.12. The van der Waals surface area contributed by atoms with Crippen LogP contribution in [0.3, 0.4) is 0 Å². The molecule has 0 aromatic heterocycles. The molecule has 0 aromatic rings. The van der Waals surface area contributed by atoms with Crippen molar-refractivity contribution in [3.8, 4) is 0 Å². The lowest BCUT2D eigenvalue weighted by Gasteiger charge is -2.40. The van der Waals surface area contributed by atoms with Crippen molar-refractivity contribution in [2.75, 3.05) is 6.73 Å². The van der Waals surface area contributed by atoms with Crippen molar-refractivity contribution in [2.24, 2.45) is 0 Å². The quantitative estimate of drug-likeness (QED) is 0.745. The highest BCUT2D eigenvalue weighted by Gasteiger charge is 2.41. The van der Waals surface area contributed by atoms with Crippen molar-refractivity contribution in [2.45, 2.75) is 46.2 Å². The molecule has 0 fully saturated rings. The number of hydrogen-bond acceptors (Lipinski definition) is 3. The van der Waals surface area contributed by atoms with E-state index in [1.807, 2.05) is 0 Å². The number of carbonyl (C=O) groups excluding carboxylic acids is 2. The highest BCUT2D eigenvalue weighted by atomic mass is 19.1. The van der Waals surface area contributed by atoms with Gasteiger partial charge >= 0.3 is 0 Å². The summed E-state index contributed by atoms with van der Waals surface area (Å²) in [6.07, 6.45) is 2.60. The van der Waals surface area contributed by atoms with Gasteiger partial charge in [-0.1, -0.05) is 6.58 Å². The first-order valence-electron chi connectivity index (χ1n) is 7.80. The first-order valence-corrected chi connectivity index (χ1v) is 7.80. The van der Waals surface area contributed by atoms with E-state index >= 15 is 0 Å². The van der Waals surface area contributed by atoms with Crippen LogP contribution in [0.5, 0.6) is 0 Å². The van der Waals surface area contributed by atoms with E-state index in [1.54, 1.807) is 27.7 Å². The van der Waals surface area contributed by atoms with E-state index in [1.165, 1.54) is 11.8 Å². The van der Waals surface area contributed by atoms with Crippen molar-refractivity contribution in [3.05, 3.63) is 47.8 Å². The number of nitrogens with zero attached hydrogens (tertiary/aromatic N) is 1. The van der Waals surface area contributed by atoms with E-state index in [4.69, 9.17) is 4.74 Å². The van der Waals surface area contributed by atoms with E-state index in [-0.39, 0.29) is 12.6 Å². The maximum absolute atomic E-state index is 13.6. The molecule has 0 saturated heterocycles. The Bertz CT molecular complexity index is 663. The van der Waals surface area contributed by atoms with Crippen LogP contribution >= 0.6 is 0 Å². The molecule has 1 aliphatic heterocycles. The van der Waals surface area contributed by atoms with Gasteiger partial charge in [0.25, 0.3) is 5.91 Å². The Morgan fingerprint density at radius 2 is 1.96 bits per heavy atom. The summed E-state index contributed by atoms with van der Waals surface area (Å²) in [6, 6.07) is -0.708. The minimum absolute atomic E-state index is 0.0473. The third-order valence-electron chi connectivity index (χ3n) is 3.97. The van der Waals surface area contributed by atoms with E-state index < -0.39 is 29.1 Å². The minimum Gasteiger partial charge on any atom is -0.477 e. The molecule has 0 spiro atoms. The summed E-state index contributed by atoms with van der Waals surface area (Å²) >= 11 is 0. The molecule has 0 saturated carbocycles. The molecule has 0 bridgehead atoms. The maximum atomic E-state index is 13.6. The molecule has 1 heterocycles. The number of amides is 2. The first-order chi connectivity index (χ1) is 11.5. The topological polar surface area (TPSA) is 58.6 Å². The van der Waals surface area contributed by atoms with Gasteiger partial charge in [-0.2, -0.15) is 0 Å². The highest BCUT2D eigenvalue weighted by molar-refractivity contribution is 5.98. The Hall–Kier alpha value is -2.44. The number of carbonyl (C=O) groups is 2. The van der Waals surface area contributed by atoms with Crippen LogP contribution in [0.25, 0.3) is 0 Å². The monoisotopic (exact) mass is 354 g/mol. The lowest BCUT2D eigenvalue weighted by molar-refractivity contribution is -0.152. The fraction of sp³-hybridized carbons (Fsp3) is 0.444. The zero-order valence-electron chi connectivity index (χ0n) is 15.2. The average Bonchev–Trinajstić information content (AvgIpc) is 2.51. The fourth-order valence-electron chi connectivity index (χ4n) is 2.12. The summed E-state index contributed by atoms with van der Waals surface area (Å²) in [7, 11) is 0. The second kappa shape index (κ2) is 8.09. The highest BCUT2D eigenvalue weighted by Crippen LogP contribution is 2.24. The SMILES string of the molecule is C=C/C(F)=C\C(F)=C/C(C)NC(=O)C(C)(C)N1COC(C)=C(C)C1=O. The van der Waals surface area contributed by atoms with Gasteiger partial charge in [0.1, 0.15) is 23.0 Å². The molecule has 0 radical (unpaired) electrons. The Balaban J connectivity index is 2.87. The Kier molecular flexibility index (Phi) is 6.67. The molecule has 138 valence electrons. The third kappa shape index (κ3) is 5.01. The molecule has 0 aliphatic carbocycles. The number of halogens is 2. The standard InChI is InChI=1S/C18H24F2N2O3/c1-7-14(19)9-15(20)8-11(2)21-17(24)18(5,6)22-10-25-13(4)12(3)16(22)23/h7-9,11H,1,10H2,2-6H3,(H,21,24)/b14-9+,15-8+. The molecule has 1 aliphatic rings. The van der Waals surface area contributed by atoms with Gasteiger partial charge in [0.2, 0.25) is 5.91 Å². The van der Waals surface area contributed by atoms with Crippen molar-refractivity contribution in [3.63, 3.8) is 0 Å². The lowest BCUT2D eigenvalue weighted by Crippen LogP contribution is -2.59. The Labute approximate surface area is 146 Å². The van der Waals surface area contributed by atoms with Crippen LogP contribution in [0, 0.1) is 0 Å². The molecule has 25 heavy (non-hydrogen) atoms. The Morgan fingerprint density at radius 1 is 1.36 bits per heavy atom. The molecule has 1 N–H and O–H groups in total. The zero-order valence-corrected chi connectivity index (χ0v) is 15.2. The molecule has 0 aromatic carbocycles. The molecule has 5 nitrogen and oxygen atoms in total. The van der Waals surface area contributed by atoms with Crippen LogP contribution in [-0.2, 0) is 14.3 Å². The van der Waals surface area contributed by atoms with Crippen LogP contribution in [0.4, 0.5) is 8.78 Å². The van der Waals surface area contributed by atoms with Crippen molar-refractivity contribution < 1.29 is 23.1 Å². The molecule has 1 rings (SSSR count). The van der Waals surface area contributed by atoms with E-state index in [0.717, 1.165) is 12.2 Å². The number of ether oxygens (including phenoxy) is 1. The van der Waals surface area contributed by atoms with Crippen molar-refractivity contribution >= 4 is 11.8 Å².